The molecule has 0 aliphatic carbocycles. The lowest BCUT2D eigenvalue weighted by molar-refractivity contribution is -0.142. The van der Waals surface area contributed by atoms with Crippen molar-refractivity contribution in [3.8, 4) is 5.75 Å². The molecule has 0 unspecified atom stereocenters. The molecule has 0 radical (unpaired) electrons. The predicted octanol–water partition coefficient (Wildman–Crippen LogP) is 1.13. The number of rotatable bonds is 4. The van der Waals surface area contributed by atoms with Crippen LogP contribution in [-0.4, -0.2) is 32.1 Å². The maximum atomic E-state index is 13.1. The molecule has 0 heterocycles. The summed E-state index contributed by atoms with van der Waals surface area (Å²) in [5.41, 5.74) is 0.198. The lowest BCUT2D eigenvalue weighted by Crippen LogP contribution is -2.39. The van der Waals surface area contributed by atoms with Gasteiger partial charge in [0.05, 0.1) is 14.2 Å². The van der Waals surface area contributed by atoms with Crippen molar-refractivity contribution in [2.45, 2.75) is 13.0 Å². The molecule has 1 atom stereocenters. The lowest BCUT2D eigenvalue weighted by Gasteiger charge is -2.12. The van der Waals surface area contributed by atoms with Crippen molar-refractivity contribution in [2.75, 3.05) is 14.2 Å². The van der Waals surface area contributed by atoms with Gasteiger partial charge < -0.3 is 14.8 Å². The Balaban J connectivity index is 2.81. The summed E-state index contributed by atoms with van der Waals surface area (Å²) in [5, 5.41) is 2.43. The summed E-state index contributed by atoms with van der Waals surface area (Å²) in [6.45, 7) is 1.49. The molecule has 0 aromatic heterocycles. The van der Waals surface area contributed by atoms with E-state index in [-0.39, 0.29) is 11.3 Å². The Kier molecular flexibility index (Phi) is 4.65. The first kappa shape index (κ1) is 14.0. The van der Waals surface area contributed by atoms with Crippen LogP contribution in [0, 0.1) is 5.82 Å². The second-order valence-electron chi connectivity index (χ2n) is 3.57. The Bertz CT molecular complexity index is 461. The van der Waals surface area contributed by atoms with Crippen LogP contribution in [0.15, 0.2) is 18.2 Å². The molecule has 0 fully saturated rings. The van der Waals surface area contributed by atoms with Crippen LogP contribution in [0.5, 0.6) is 5.75 Å². The minimum atomic E-state index is -0.779. The van der Waals surface area contributed by atoms with Gasteiger partial charge in [-0.05, 0) is 25.1 Å². The van der Waals surface area contributed by atoms with E-state index in [9.17, 15) is 14.0 Å². The van der Waals surface area contributed by atoms with Gasteiger partial charge in [-0.2, -0.15) is 0 Å². The molecule has 0 aliphatic rings. The van der Waals surface area contributed by atoms with E-state index in [0.717, 1.165) is 6.07 Å². The number of halogens is 1. The Morgan fingerprint density at radius 3 is 2.56 bits per heavy atom. The number of ether oxygens (including phenoxy) is 2. The molecular formula is C12H14FNO4. The molecule has 5 nitrogen and oxygen atoms in total. The highest BCUT2D eigenvalue weighted by molar-refractivity contribution is 5.97. The van der Waals surface area contributed by atoms with Gasteiger partial charge in [0.1, 0.15) is 6.04 Å². The van der Waals surface area contributed by atoms with E-state index in [1.165, 1.54) is 33.3 Å². The van der Waals surface area contributed by atoms with Gasteiger partial charge in [-0.3, -0.25) is 4.79 Å². The highest BCUT2D eigenvalue weighted by Gasteiger charge is 2.17. The van der Waals surface area contributed by atoms with Crippen LogP contribution in [0.3, 0.4) is 0 Å². The van der Waals surface area contributed by atoms with Crippen LogP contribution in [0.1, 0.15) is 17.3 Å². The normalized spacial score (nSPS) is 11.6. The van der Waals surface area contributed by atoms with E-state index in [0.29, 0.717) is 0 Å². The summed E-state index contributed by atoms with van der Waals surface area (Å²) in [4.78, 5) is 22.9. The van der Waals surface area contributed by atoms with E-state index in [1.54, 1.807) is 0 Å². The molecule has 6 heteroatoms. The average molecular weight is 255 g/mol. The fourth-order valence-corrected chi connectivity index (χ4v) is 1.32. The molecule has 1 aromatic rings. The Morgan fingerprint density at radius 2 is 2.00 bits per heavy atom. The largest absolute Gasteiger partial charge is 0.494 e. The van der Waals surface area contributed by atoms with Crippen LogP contribution in [0.4, 0.5) is 4.39 Å². The highest BCUT2D eigenvalue weighted by Crippen LogP contribution is 2.18. The number of esters is 1. The van der Waals surface area contributed by atoms with Gasteiger partial charge >= 0.3 is 5.97 Å². The molecule has 0 saturated carbocycles. The molecule has 1 N–H and O–H groups in total. The number of amides is 1. The van der Waals surface area contributed by atoms with Crippen molar-refractivity contribution in [1.82, 2.24) is 5.32 Å². The smallest absolute Gasteiger partial charge is 0.328 e. The van der Waals surface area contributed by atoms with Crippen molar-refractivity contribution in [2.24, 2.45) is 0 Å². The molecule has 0 aliphatic heterocycles. The molecule has 98 valence electrons. The first-order valence-electron chi connectivity index (χ1n) is 5.21. The molecule has 18 heavy (non-hydrogen) atoms. The Morgan fingerprint density at radius 1 is 1.33 bits per heavy atom. The van der Waals surface area contributed by atoms with Crippen molar-refractivity contribution >= 4 is 11.9 Å². The van der Waals surface area contributed by atoms with Gasteiger partial charge in [0, 0.05) is 5.56 Å². The number of hydrogen-bond donors (Lipinski definition) is 1. The first-order chi connectivity index (χ1) is 8.49. The van der Waals surface area contributed by atoms with E-state index < -0.39 is 23.7 Å². The summed E-state index contributed by atoms with van der Waals surface area (Å²) in [5.74, 6) is -1.66. The van der Waals surface area contributed by atoms with Crippen LogP contribution in [-0.2, 0) is 9.53 Å². The Hall–Kier alpha value is -2.11. The summed E-state index contributed by atoms with van der Waals surface area (Å²) in [7, 11) is 2.53. The van der Waals surface area contributed by atoms with Crippen LogP contribution in [0.2, 0.25) is 0 Å². The standard InChI is InChI=1S/C12H14FNO4/c1-7(12(16)18-3)14-11(15)8-4-5-9(13)10(6-8)17-2/h4-7H,1-3H3,(H,14,15)/t7-/m0/s1. The first-order valence-corrected chi connectivity index (χ1v) is 5.21. The van der Waals surface area contributed by atoms with Gasteiger partial charge in [-0.25, -0.2) is 9.18 Å². The molecule has 1 aromatic carbocycles. The van der Waals surface area contributed by atoms with Crippen LogP contribution < -0.4 is 10.1 Å². The number of carbonyl (C=O) groups is 2. The quantitative estimate of drug-likeness (QED) is 0.819. The number of methoxy groups -OCH3 is 2. The molecule has 0 spiro atoms. The van der Waals surface area contributed by atoms with E-state index in [2.05, 4.69) is 10.1 Å². The molecule has 1 rings (SSSR count). The second-order valence-corrected chi connectivity index (χ2v) is 3.57. The summed E-state index contributed by atoms with van der Waals surface area (Å²) in [6, 6.07) is 2.90. The monoisotopic (exact) mass is 255 g/mol. The molecular weight excluding hydrogens is 241 g/mol. The van der Waals surface area contributed by atoms with Crippen LogP contribution >= 0.6 is 0 Å². The third-order valence-electron chi connectivity index (χ3n) is 2.32. The third kappa shape index (κ3) is 3.19. The number of hydrogen-bond acceptors (Lipinski definition) is 4. The molecule has 0 saturated heterocycles. The number of carbonyl (C=O) groups excluding carboxylic acids is 2. The van der Waals surface area contributed by atoms with Crippen molar-refractivity contribution < 1.29 is 23.5 Å². The van der Waals surface area contributed by atoms with Gasteiger partial charge in [0.15, 0.2) is 11.6 Å². The zero-order valence-electron chi connectivity index (χ0n) is 10.3. The maximum absolute atomic E-state index is 13.1. The third-order valence-corrected chi connectivity index (χ3v) is 2.32. The van der Waals surface area contributed by atoms with Gasteiger partial charge in [-0.15, -0.1) is 0 Å². The lowest BCUT2D eigenvalue weighted by atomic mass is 10.2. The van der Waals surface area contributed by atoms with E-state index in [1.807, 2.05) is 0 Å². The zero-order valence-corrected chi connectivity index (χ0v) is 10.3. The Labute approximate surface area is 104 Å². The highest BCUT2D eigenvalue weighted by atomic mass is 19.1. The number of nitrogens with one attached hydrogen (secondary N) is 1. The van der Waals surface area contributed by atoms with Gasteiger partial charge in [0.25, 0.3) is 5.91 Å². The van der Waals surface area contributed by atoms with E-state index >= 15 is 0 Å². The fourth-order valence-electron chi connectivity index (χ4n) is 1.32. The summed E-state index contributed by atoms with van der Waals surface area (Å²) in [6.07, 6.45) is 0. The number of benzene rings is 1. The second kappa shape index (κ2) is 6.00. The fraction of sp³-hybridized carbons (Fsp3) is 0.333. The van der Waals surface area contributed by atoms with Crippen molar-refractivity contribution in [3.05, 3.63) is 29.6 Å². The average Bonchev–Trinajstić information content (AvgIpc) is 2.37. The van der Waals surface area contributed by atoms with Crippen molar-refractivity contribution in [3.63, 3.8) is 0 Å². The zero-order chi connectivity index (χ0) is 13.7. The van der Waals surface area contributed by atoms with Crippen LogP contribution in [0.25, 0.3) is 0 Å². The molecule has 1 amide bonds. The van der Waals surface area contributed by atoms with Gasteiger partial charge in [0.2, 0.25) is 0 Å². The minimum Gasteiger partial charge on any atom is -0.494 e. The topological polar surface area (TPSA) is 64.6 Å². The SMILES string of the molecule is COC(=O)[C@H](C)NC(=O)c1ccc(F)c(OC)c1. The van der Waals surface area contributed by atoms with Crippen molar-refractivity contribution in [1.29, 1.82) is 0 Å². The van der Waals surface area contributed by atoms with E-state index in [4.69, 9.17) is 4.74 Å². The summed E-state index contributed by atoms with van der Waals surface area (Å²) < 4.78 is 22.4. The maximum Gasteiger partial charge on any atom is 0.328 e. The summed E-state index contributed by atoms with van der Waals surface area (Å²) >= 11 is 0. The minimum absolute atomic E-state index is 0.0339. The predicted molar refractivity (Wildman–Crippen MR) is 61.9 cm³/mol. The molecule has 0 bridgehead atoms. The van der Waals surface area contributed by atoms with Gasteiger partial charge in [-0.1, -0.05) is 0 Å².